The summed E-state index contributed by atoms with van der Waals surface area (Å²) >= 11 is 3.89. The van der Waals surface area contributed by atoms with E-state index in [1.807, 2.05) is 0 Å². The van der Waals surface area contributed by atoms with Gasteiger partial charge in [-0.3, -0.25) is 0 Å². The Balaban J connectivity index is 2.13. The molecular formula is C16H23BrO. The van der Waals surface area contributed by atoms with E-state index in [1.54, 1.807) is 7.11 Å². The molecule has 2 unspecified atom stereocenters. The molecule has 2 atom stereocenters. The van der Waals surface area contributed by atoms with Gasteiger partial charge in [-0.15, -0.1) is 0 Å². The molecule has 0 bridgehead atoms. The van der Waals surface area contributed by atoms with Crippen molar-refractivity contribution in [1.29, 1.82) is 0 Å². The SMILES string of the molecule is COc1ccc(C)cc1CC1CCCCCC1Br. The molecule has 1 aromatic rings. The lowest BCUT2D eigenvalue weighted by Crippen LogP contribution is -2.16. The Bertz CT molecular complexity index is 389. The Morgan fingerprint density at radius 1 is 1.22 bits per heavy atom. The molecule has 2 heteroatoms. The summed E-state index contributed by atoms with van der Waals surface area (Å²) in [5.74, 6) is 1.80. The van der Waals surface area contributed by atoms with Crippen LogP contribution in [-0.4, -0.2) is 11.9 Å². The summed E-state index contributed by atoms with van der Waals surface area (Å²) in [5, 5.41) is 0. The molecule has 0 spiro atoms. The third kappa shape index (κ3) is 3.50. The molecule has 1 saturated carbocycles. The van der Waals surface area contributed by atoms with Crippen LogP contribution in [0.1, 0.15) is 43.2 Å². The Kier molecular flexibility index (Phi) is 5.11. The number of rotatable bonds is 3. The van der Waals surface area contributed by atoms with Gasteiger partial charge in [-0.25, -0.2) is 0 Å². The number of hydrogen-bond acceptors (Lipinski definition) is 1. The predicted octanol–water partition coefficient (Wildman–Crippen LogP) is 4.89. The highest BCUT2D eigenvalue weighted by Crippen LogP contribution is 2.33. The van der Waals surface area contributed by atoms with Gasteiger partial charge in [-0.05, 0) is 43.7 Å². The summed E-state index contributed by atoms with van der Waals surface area (Å²) in [4.78, 5) is 0.671. The fourth-order valence-corrected chi connectivity index (χ4v) is 3.69. The quantitative estimate of drug-likeness (QED) is 0.570. The van der Waals surface area contributed by atoms with Gasteiger partial charge in [0.15, 0.2) is 0 Å². The number of alkyl halides is 1. The summed E-state index contributed by atoms with van der Waals surface area (Å²) in [6, 6.07) is 6.51. The van der Waals surface area contributed by atoms with Crippen LogP contribution in [0.4, 0.5) is 0 Å². The van der Waals surface area contributed by atoms with E-state index in [0.29, 0.717) is 4.83 Å². The number of hydrogen-bond donors (Lipinski definition) is 0. The molecule has 1 aliphatic carbocycles. The third-order valence-corrected chi connectivity index (χ3v) is 5.19. The van der Waals surface area contributed by atoms with Crippen molar-refractivity contribution < 1.29 is 4.74 Å². The summed E-state index contributed by atoms with van der Waals surface area (Å²) in [6.07, 6.45) is 7.94. The minimum absolute atomic E-state index is 0.671. The van der Waals surface area contributed by atoms with E-state index in [0.717, 1.165) is 18.1 Å². The van der Waals surface area contributed by atoms with Gasteiger partial charge in [0.2, 0.25) is 0 Å². The number of ether oxygens (including phenoxy) is 1. The molecule has 1 nitrogen and oxygen atoms in total. The van der Waals surface area contributed by atoms with Crippen molar-refractivity contribution in [3.63, 3.8) is 0 Å². The maximum atomic E-state index is 5.49. The first-order valence-electron chi connectivity index (χ1n) is 6.98. The molecule has 0 saturated heterocycles. The van der Waals surface area contributed by atoms with Gasteiger partial charge in [-0.2, -0.15) is 0 Å². The van der Waals surface area contributed by atoms with E-state index in [2.05, 4.69) is 41.1 Å². The van der Waals surface area contributed by atoms with Crippen LogP contribution in [-0.2, 0) is 6.42 Å². The Morgan fingerprint density at radius 2 is 2.00 bits per heavy atom. The largest absolute Gasteiger partial charge is 0.496 e. The lowest BCUT2D eigenvalue weighted by molar-refractivity contribution is 0.399. The summed E-state index contributed by atoms with van der Waals surface area (Å²) in [7, 11) is 1.77. The molecule has 100 valence electrons. The molecule has 0 aliphatic heterocycles. The fraction of sp³-hybridized carbons (Fsp3) is 0.625. The Morgan fingerprint density at radius 3 is 2.78 bits per heavy atom. The van der Waals surface area contributed by atoms with Crippen LogP contribution in [0.25, 0.3) is 0 Å². The minimum atomic E-state index is 0.671. The van der Waals surface area contributed by atoms with Crippen LogP contribution in [0.15, 0.2) is 18.2 Å². The van der Waals surface area contributed by atoms with Crippen molar-refractivity contribution >= 4 is 15.9 Å². The predicted molar refractivity (Wildman–Crippen MR) is 80.7 cm³/mol. The van der Waals surface area contributed by atoms with E-state index in [4.69, 9.17) is 4.74 Å². The average molecular weight is 311 g/mol. The van der Waals surface area contributed by atoms with Crippen molar-refractivity contribution in [3.05, 3.63) is 29.3 Å². The summed E-state index contributed by atoms with van der Waals surface area (Å²) in [5.41, 5.74) is 2.69. The molecule has 0 heterocycles. The van der Waals surface area contributed by atoms with Crippen LogP contribution >= 0.6 is 15.9 Å². The maximum absolute atomic E-state index is 5.49. The van der Waals surface area contributed by atoms with Crippen molar-refractivity contribution in [3.8, 4) is 5.75 Å². The molecule has 1 aromatic carbocycles. The lowest BCUT2D eigenvalue weighted by atomic mass is 9.91. The van der Waals surface area contributed by atoms with Crippen molar-refractivity contribution in [1.82, 2.24) is 0 Å². The summed E-state index contributed by atoms with van der Waals surface area (Å²) in [6.45, 7) is 2.15. The van der Waals surface area contributed by atoms with E-state index < -0.39 is 0 Å². The molecule has 0 amide bonds. The number of halogens is 1. The molecule has 0 N–H and O–H groups in total. The Hall–Kier alpha value is -0.500. The van der Waals surface area contributed by atoms with Crippen LogP contribution in [0.2, 0.25) is 0 Å². The second kappa shape index (κ2) is 6.60. The summed E-state index contributed by atoms with van der Waals surface area (Å²) < 4.78 is 5.49. The van der Waals surface area contributed by atoms with Gasteiger partial charge in [-0.1, -0.05) is 52.9 Å². The molecule has 0 aromatic heterocycles. The van der Waals surface area contributed by atoms with E-state index in [1.165, 1.54) is 43.2 Å². The van der Waals surface area contributed by atoms with Crippen LogP contribution in [0.5, 0.6) is 5.75 Å². The molecule has 1 aliphatic rings. The first-order valence-corrected chi connectivity index (χ1v) is 7.90. The van der Waals surface area contributed by atoms with Gasteiger partial charge < -0.3 is 4.74 Å². The highest BCUT2D eigenvalue weighted by Gasteiger charge is 2.22. The van der Waals surface area contributed by atoms with Crippen molar-refractivity contribution in [2.75, 3.05) is 7.11 Å². The van der Waals surface area contributed by atoms with Gasteiger partial charge in [0.1, 0.15) is 5.75 Å². The van der Waals surface area contributed by atoms with E-state index >= 15 is 0 Å². The van der Waals surface area contributed by atoms with Crippen LogP contribution < -0.4 is 4.74 Å². The van der Waals surface area contributed by atoms with Gasteiger partial charge in [0.25, 0.3) is 0 Å². The second-order valence-corrected chi connectivity index (χ2v) is 6.61. The maximum Gasteiger partial charge on any atom is 0.122 e. The first-order chi connectivity index (χ1) is 8.70. The molecule has 1 fully saturated rings. The Labute approximate surface area is 119 Å². The van der Waals surface area contributed by atoms with Gasteiger partial charge in [0, 0.05) is 4.83 Å². The van der Waals surface area contributed by atoms with Crippen molar-refractivity contribution in [2.24, 2.45) is 5.92 Å². The zero-order chi connectivity index (χ0) is 13.0. The highest BCUT2D eigenvalue weighted by atomic mass is 79.9. The van der Waals surface area contributed by atoms with E-state index in [-0.39, 0.29) is 0 Å². The van der Waals surface area contributed by atoms with Gasteiger partial charge in [0.05, 0.1) is 7.11 Å². The highest BCUT2D eigenvalue weighted by molar-refractivity contribution is 9.09. The monoisotopic (exact) mass is 310 g/mol. The molecular weight excluding hydrogens is 288 g/mol. The zero-order valence-corrected chi connectivity index (χ0v) is 13.0. The molecule has 0 radical (unpaired) electrons. The fourth-order valence-electron chi connectivity index (χ4n) is 2.92. The van der Waals surface area contributed by atoms with Crippen molar-refractivity contribution in [2.45, 2.75) is 50.3 Å². The molecule has 2 rings (SSSR count). The molecule has 18 heavy (non-hydrogen) atoms. The van der Waals surface area contributed by atoms with E-state index in [9.17, 15) is 0 Å². The number of aryl methyl sites for hydroxylation is 1. The number of methoxy groups -OCH3 is 1. The third-order valence-electron chi connectivity index (χ3n) is 3.98. The zero-order valence-electron chi connectivity index (χ0n) is 11.4. The minimum Gasteiger partial charge on any atom is -0.496 e. The van der Waals surface area contributed by atoms with Crippen LogP contribution in [0.3, 0.4) is 0 Å². The van der Waals surface area contributed by atoms with Crippen LogP contribution in [0, 0.1) is 12.8 Å². The average Bonchev–Trinajstić information content (AvgIpc) is 2.55. The first kappa shape index (κ1) is 13.9. The second-order valence-electron chi connectivity index (χ2n) is 5.43. The lowest BCUT2D eigenvalue weighted by Gasteiger charge is -2.21. The number of benzene rings is 1. The van der Waals surface area contributed by atoms with Gasteiger partial charge >= 0.3 is 0 Å². The normalized spacial score (nSPS) is 24.6. The standard InChI is InChI=1S/C16H23BrO/c1-12-8-9-16(18-2)14(10-12)11-13-6-4-3-5-7-15(13)17/h8-10,13,15H,3-7,11H2,1-2H3. The smallest absolute Gasteiger partial charge is 0.122 e. The topological polar surface area (TPSA) is 9.23 Å².